The number of allylic oxidation sites excluding steroid dienone is 30. The van der Waals surface area contributed by atoms with E-state index >= 15 is 0 Å². The number of carbonyl (C=O) groups excluding carboxylic acids is 2. The average molecular weight is 1240 g/mol. The summed E-state index contributed by atoms with van der Waals surface area (Å²) in [4.78, 5) is 35.9. The maximum absolute atomic E-state index is 12.9. The van der Waals surface area contributed by atoms with Crippen molar-refractivity contribution in [2.24, 2.45) is 0 Å². The summed E-state index contributed by atoms with van der Waals surface area (Å²) < 4.78 is 34.7. The number of unbranched alkanes of at least 4 members (excludes halogenated alkanes) is 17. The van der Waals surface area contributed by atoms with Crippen molar-refractivity contribution in [2.75, 3.05) is 47.5 Å². The summed E-state index contributed by atoms with van der Waals surface area (Å²) in [5.74, 6) is -0.833. The third-order valence-corrected chi connectivity index (χ3v) is 14.9. The van der Waals surface area contributed by atoms with Gasteiger partial charge >= 0.3 is 19.8 Å². The van der Waals surface area contributed by atoms with Crippen LogP contribution in [0.3, 0.4) is 0 Å². The molecule has 0 aliphatic carbocycles. The Bertz CT molecular complexity index is 2140. The predicted octanol–water partition coefficient (Wildman–Crippen LogP) is 22.7. The van der Waals surface area contributed by atoms with E-state index in [2.05, 4.69) is 196 Å². The van der Waals surface area contributed by atoms with Crippen LogP contribution in [-0.2, 0) is 32.7 Å². The first-order valence-electron chi connectivity index (χ1n) is 34.5. The molecule has 0 aromatic carbocycles. The van der Waals surface area contributed by atoms with Crippen LogP contribution in [0.5, 0.6) is 0 Å². The van der Waals surface area contributed by atoms with Crippen LogP contribution < -0.4 is 0 Å². The van der Waals surface area contributed by atoms with Gasteiger partial charge in [0.25, 0.3) is 0 Å². The summed E-state index contributed by atoms with van der Waals surface area (Å²) in [6.45, 7) is 4.16. The smallest absolute Gasteiger partial charge is 0.462 e. The molecule has 0 aliphatic rings. The Balaban J connectivity index is 4.16. The number of hydrogen-bond donors (Lipinski definition) is 1. The van der Waals surface area contributed by atoms with Gasteiger partial charge in [-0.15, -0.1) is 0 Å². The minimum atomic E-state index is -4.41. The molecule has 1 N–H and O–H groups in total. The Hall–Kier alpha value is -4.89. The second-order valence-electron chi connectivity index (χ2n) is 23.4. The molecule has 0 heterocycles. The van der Waals surface area contributed by atoms with E-state index in [0.29, 0.717) is 23.9 Å². The minimum Gasteiger partial charge on any atom is -0.462 e. The minimum absolute atomic E-state index is 0.0182. The summed E-state index contributed by atoms with van der Waals surface area (Å²) >= 11 is 0. The zero-order chi connectivity index (χ0) is 64.1. The Morgan fingerprint density at radius 3 is 0.909 bits per heavy atom. The number of hydrogen-bond acceptors (Lipinski definition) is 7. The second-order valence-corrected chi connectivity index (χ2v) is 24.9. The molecule has 0 aromatic rings. The van der Waals surface area contributed by atoms with Crippen LogP contribution in [0, 0.1) is 0 Å². The fourth-order valence-corrected chi connectivity index (χ4v) is 9.46. The lowest BCUT2D eigenvalue weighted by atomic mass is 10.0. The third-order valence-electron chi connectivity index (χ3n) is 13.9. The molecule has 0 fully saturated rings. The molecule has 0 aliphatic heterocycles. The normalized spacial score (nSPS) is 14.3. The average Bonchev–Trinajstić information content (AvgIpc) is 3.68. The first-order chi connectivity index (χ1) is 43.0. The molecule has 0 aromatic heterocycles. The van der Waals surface area contributed by atoms with Gasteiger partial charge in [0.05, 0.1) is 27.7 Å². The van der Waals surface area contributed by atoms with Crippen molar-refractivity contribution in [3.63, 3.8) is 0 Å². The molecule has 2 unspecified atom stereocenters. The van der Waals surface area contributed by atoms with Crippen LogP contribution in [0.2, 0.25) is 0 Å². The molecule has 0 spiro atoms. The topological polar surface area (TPSA) is 108 Å². The van der Waals surface area contributed by atoms with Gasteiger partial charge in [-0.05, 0) is 135 Å². The van der Waals surface area contributed by atoms with Crippen molar-refractivity contribution >= 4 is 19.8 Å². The van der Waals surface area contributed by atoms with Gasteiger partial charge in [-0.1, -0.05) is 280 Å². The highest BCUT2D eigenvalue weighted by molar-refractivity contribution is 7.47. The first kappa shape index (κ1) is 83.1. The number of carbonyl (C=O) groups is 2. The fraction of sp³-hybridized carbons (Fsp3) is 0.590. The largest absolute Gasteiger partial charge is 0.472 e. The van der Waals surface area contributed by atoms with E-state index in [9.17, 15) is 19.0 Å². The van der Waals surface area contributed by atoms with Crippen molar-refractivity contribution in [1.29, 1.82) is 0 Å². The molecule has 0 saturated heterocycles. The van der Waals surface area contributed by atoms with Gasteiger partial charge in [-0.2, -0.15) is 0 Å². The zero-order valence-corrected chi connectivity index (χ0v) is 57.3. The first-order valence-corrected chi connectivity index (χ1v) is 36.0. The molecule has 496 valence electrons. The highest BCUT2D eigenvalue weighted by Crippen LogP contribution is 2.43. The Morgan fingerprint density at radius 1 is 0.352 bits per heavy atom. The van der Waals surface area contributed by atoms with Crippen LogP contribution in [0.1, 0.15) is 245 Å². The van der Waals surface area contributed by atoms with Crippen LogP contribution in [-0.4, -0.2) is 74.9 Å². The summed E-state index contributed by atoms with van der Waals surface area (Å²) in [5, 5.41) is 0. The second kappa shape index (κ2) is 66.5. The van der Waals surface area contributed by atoms with Gasteiger partial charge in [0.1, 0.15) is 19.8 Å². The van der Waals surface area contributed by atoms with Crippen LogP contribution in [0.4, 0.5) is 0 Å². The van der Waals surface area contributed by atoms with Crippen molar-refractivity contribution in [1.82, 2.24) is 0 Å². The van der Waals surface area contributed by atoms with Crippen LogP contribution in [0.25, 0.3) is 0 Å². The summed E-state index contributed by atoms with van der Waals surface area (Å²) in [7, 11) is 1.44. The fourth-order valence-electron chi connectivity index (χ4n) is 8.72. The van der Waals surface area contributed by atoms with E-state index < -0.39 is 32.5 Å². The lowest BCUT2D eigenvalue weighted by Crippen LogP contribution is -2.37. The van der Waals surface area contributed by atoms with Gasteiger partial charge in [0.15, 0.2) is 6.10 Å². The number of nitrogens with zero attached hydrogens (tertiary/aromatic N) is 1. The number of quaternary nitrogens is 1. The number of ether oxygens (including phenoxy) is 2. The summed E-state index contributed by atoms with van der Waals surface area (Å²) in [5.41, 5.74) is 0. The van der Waals surface area contributed by atoms with Gasteiger partial charge in [0, 0.05) is 12.8 Å². The van der Waals surface area contributed by atoms with Gasteiger partial charge in [0.2, 0.25) is 0 Å². The molecular weight excluding hydrogens is 1110 g/mol. The van der Waals surface area contributed by atoms with Crippen molar-refractivity contribution in [3.05, 3.63) is 182 Å². The molecule has 88 heavy (non-hydrogen) atoms. The number of phosphoric acid groups is 1. The highest BCUT2D eigenvalue weighted by Gasteiger charge is 2.27. The third kappa shape index (κ3) is 70.2. The molecule has 0 radical (unpaired) electrons. The molecule has 0 saturated carbocycles. The van der Waals surface area contributed by atoms with E-state index in [1.807, 2.05) is 21.1 Å². The summed E-state index contributed by atoms with van der Waals surface area (Å²) in [6.07, 6.45) is 103. The van der Waals surface area contributed by atoms with Gasteiger partial charge in [-0.3, -0.25) is 18.6 Å². The Morgan fingerprint density at radius 2 is 0.614 bits per heavy atom. The van der Waals surface area contributed by atoms with Crippen LogP contribution in [0.15, 0.2) is 182 Å². The summed E-state index contributed by atoms with van der Waals surface area (Å²) in [6, 6.07) is 0. The number of esters is 2. The van der Waals surface area contributed by atoms with Crippen molar-refractivity contribution in [2.45, 2.75) is 251 Å². The molecule has 0 rings (SSSR count). The standard InChI is InChI=1S/C78H126NO8P/c1-6-8-10-12-14-16-18-20-22-24-26-28-30-32-34-35-36-37-38-39-40-41-42-43-45-47-49-51-53-55-57-59-61-63-65-67-69-71-78(81)87-76(75-86-88(82,83)85-73-72-79(3,4)5)74-84-77(80)70-68-66-64-62-60-58-56-54-52-50-48-46-44-33-31-29-27-25-23-21-19-17-15-13-11-9-7-2/h8-11,14-17,20-23,26-29,32-34,36-37,39-40,42-44,48,50,54,56,76H,6-7,12-13,18-19,24-25,30-31,35,38,41,45-47,49,51-53,55,57-75H2,1-5H3/p+1/b10-8-,11-9-,16-14-,17-15-,22-20-,23-21-,28-26-,29-27-,34-32-,37-36-,40-39-,43-42-,44-33-,50-48-,56-54-. The van der Waals surface area contributed by atoms with E-state index in [1.165, 1.54) is 51.4 Å². The Kier molecular flexibility index (Phi) is 62.8. The van der Waals surface area contributed by atoms with Gasteiger partial charge in [-0.25, -0.2) is 4.57 Å². The zero-order valence-electron chi connectivity index (χ0n) is 56.4. The highest BCUT2D eigenvalue weighted by atomic mass is 31.2. The number of phosphoric ester groups is 1. The van der Waals surface area contributed by atoms with E-state index in [-0.39, 0.29) is 26.1 Å². The van der Waals surface area contributed by atoms with Gasteiger partial charge < -0.3 is 18.9 Å². The quantitative estimate of drug-likeness (QED) is 0.0211. The SMILES string of the molecule is CC/C=C\C/C=C\C/C=C\C/C=C\C/C=C\C/C=C\C/C=C\C/C=C\CCCCCCCCCCCCCCC(=O)OC(COC(=O)CCCCCCC/C=C\C/C=C\C/C=C\C/C=C\C/C=C\C/C=C\C/C=C\CC)COP(=O)(O)OCC[N+](C)(C)C. The van der Waals surface area contributed by atoms with Crippen molar-refractivity contribution in [3.8, 4) is 0 Å². The maximum Gasteiger partial charge on any atom is 0.472 e. The predicted molar refractivity (Wildman–Crippen MR) is 380 cm³/mol. The maximum atomic E-state index is 12.9. The molecule has 10 heteroatoms. The molecule has 0 bridgehead atoms. The lowest BCUT2D eigenvalue weighted by molar-refractivity contribution is -0.870. The van der Waals surface area contributed by atoms with Crippen molar-refractivity contribution < 1.29 is 42.1 Å². The molecule has 2 atom stereocenters. The molecular formula is C78H127NO8P+. The van der Waals surface area contributed by atoms with E-state index in [4.69, 9.17) is 18.5 Å². The number of rotatable bonds is 61. The van der Waals surface area contributed by atoms with E-state index in [1.54, 1.807) is 0 Å². The molecule has 0 amide bonds. The van der Waals surface area contributed by atoms with E-state index in [0.717, 1.165) is 154 Å². The molecule has 9 nitrogen and oxygen atoms in total. The monoisotopic (exact) mass is 1240 g/mol. The lowest BCUT2D eigenvalue weighted by Gasteiger charge is -2.24. The Labute approximate surface area is 540 Å². The van der Waals surface area contributed by atoms with Crippen LogP contribution >= 0.6 is 7.82 Å². The number of likely N-dealkylation sites (N-methyl/N-ethyl adjacent to an activating group) is 1.